The number of pyridine rings is 1. The van der Waals surface area contributed by atoms with E-state index in [-0.39, 0.29) is 5.56 Å². The van der Waals surface area contributed by atoms with Crippen LogP contribution in [-0.2, 0) is 13.0 Å². The molecule has 0 spiro atoms. The van der Waals surface area contributed by atoms with E-state index < -0.39 is 0 Å². The zero-order chi connectivity index (χ0) is 13.3. The number of benzene rings is 1. The maximum absolute atomic E-state index is 12.4. The van der Waals surface area contributed by atoms with Crippen LogP contribution in [0.25, 0.3) is 10.8 Å². The summed E-state index contributed by atoms with van der Waals surface area (Å²) in [6, 6.07) is 6.31. The van der Waals surface area contributed by atoms with E-state index in [2.05, 4.69) is 39.0 Å². The van der Waals surface area contributed by atoms with Gasteiger partial charge in [0, 0.05) is 18.1 Å². The van der Waals surface area contributed by atoms with Crippen LogP contribution in [0.5, 0.6) is 0 Å². The van der Waals surface area contributed by atoms with Crippen molar-refractivity contribution >= 4 is 10.8 Å². The third-order valence-electron chi connectivity index (χ3n) is 3.58. The van der Waals surface area contributed by atoms with Gasteiger partial charge in [0.1, 0.15) is 0 Å². The highest BCUT2D eigenvalue weighted by molar-refractivity contribution is 5.85. The topological polar surface area (TPSA) is 22.0 Å². The maximum Gasteiger partial charge on any atom is 0.258 e. The highest BCUT2D eigenvalue weighted by atomic mass is 16.1. The van der Waals surface area contributed by atoms with Gasteiger partial charge in [0.15, 0.2) is 0 Å². The lowest BCUT2D eigenvalue weighted by molar-refractivity contribution is 0.727. The van der Waals surface area contributed by atoms with Crippen molar-refractivity contribution in [1.29, 1.82) is 0 Å². The first-order valence-electron chi connectivity index (χ1n) is 6.74. The van der Waals surface area contributed by atoms with Crippen LogP contribution in [-0.4, -0.2) is 4.57 Å². The molecule has 0 amide bonds. The Morgan fingerprint density at radius 3 is 2.44 bits per heavy atom. The Morgan fingerprint density at radius 2 is 1.89 bits per heavy atom. The molecular formula is C16H21NO. The quantitative estimate of drug-likeness (QED) is 0.805. The van der Waals surface area contributed by atoms with Crippen molar-refractivity contribution in [3.05, 3.63) is 45.9 Å². The second kappa shape index (κ2) is 4.97. The summed E-state index contributed by atoms with van der Waals surface area (Å²) < 4.78 is 1.81. The van der Waals surface area contributed by atoms with E-state index in [1.807, 2.05) is 17.7 Å². The van der Waals surface area contributed by atoms with Gasteiger partial charge in [0.2, 0.25) is 0 Å². The summed E-state index contributed by atoms with van der Waals surface area (Å²) in [5.74, 6) is 0.453. The molecule has 2 aromatic rings. The van der Waals surface area contributed by atoms with Gasteiger partial charge < -0.3 is 4.57 Å². The summed E-state index contributed by atoms with van der Waals surface area (Å²) in [7, 11) is 0. The molecule has 2 rings (SSSR count). The molecule has 2 heteroatoms. The van der Waals surface area contributed by atoms with Crippen molar-refractivity contribution in [2.75, 3.05) is 0 Å². The Morgan fingerprint density at radius 1 is 1.17 bits per heavy atom. The van der Waals surface area contributed by atoms with E-state index in [4.69, 9.17) is 0 Å². The van der Waals surface area contributed by atoms with E-state index in [0.29, 0.717) is 5.92 Å². The molecule has 0 saturated heterocycles. The van der Waals surface area contributed by atoms with Crippen LogP contribution in [0.15, 0.2) is 29.2 Å². The molecule has 18 heavy (non-hydrogen) atoms. The number of nitrogens with zero attached hydrogens (tertiary/aromatic N) is 1. The lowest BCUT2D eigenvalue weighted by atomic mass is 9.97. The monoisotopic (exact) mass is 243 g/mol. The molecule has 0 aliphatic rings. The molecule has 2 nitrogen and oxygen atoms in total. The number of hydrogen-bond donors (Lipinski definition) is 0. The number of fused-ring (bicyclic) bond motifs is 1. The molecule has 0 unspecified atom stereocenters. The average molecular weight is 243 g/mol. The third kappa shape index (κ3) is 2.07. The molecule has 1 heterocycles. The maximum atomic E-state index is 12.4. The van der Waals surface area contributed by atoms with E-state index in [1.54, 1.807) is 0 Å². The highest BCUT2D eigenvalue weighted by Crippen LogP contribution is 2.22. The Labute approximate surface area is 108 Å². The van der Waals surface area contributed by atoms with Gasteiger partial charge in [-0.1, -0.05) is 32.9 Å². The molecule has 0 aliphatic carbocycles. The second-order valence-electron chi connectivity index (χ2n) is 5.06. The first-order valence-corrected chi connectivity index (χ1v) is 6.74. The lowest BCUT2D eigenvalue weighted by Gasteiger charge is -2.12. The number of hydrogen-bond acceptors (Lipinski definition) is 1. The van der Waals surface area contributed by atoms with Crippen LogP contribution >= 0.6 is 0 Å². The summed E-state index contributed by atoms with van der Waals surface area (Å²) in [6.07, 6.45) is 2.96. The smallest absolute Gasteiger partial charge is 0.258 e. The summed E-state index contributed by atoms with van der Waals surface area (Å²) in [6.45, 7) is 9.19. The van der Waals surface area contributed by atoms with Gasteiger partial charge in [-0.25, -0.2) is 0 Å². The average Bonchev–Trinajstić information content (AvgIpc) is 2.39. The van der Waals surface area contributed by atoms with Gasteiger partial charge >= 0.3 is 0 Å². The number of rotatable bonds is 3. The van der Waals surface area contributed by atoms with E-state index in [0.717, 1.165) is 23.7 Å². The van der Waals surface area contributed by atoms with Crippen molar-refractivity contribution < 1.29 is 0 Å². The van der Waals surface area contributed by atoms with Gasteiger partial charge in [0.05, 0.1) is 0 Å². The van der Waals surface area contributed by atoms with E-state index >= 15 is 0 Å². The van der Waals surface area contributed by atoms with E-state index in [9.17, 15) is 4.79 Å². The summed E-state index contributed by atoms with van der Waals surface area (Å²) >= 11 is 0. The molecule has 1 aromatic carbocycles. The van der Waals surface area contributed by atoms with Crippen molar-refractivity contribution in [3.8, 4) is 0 Å². The van der Waals surface area contributed by atoms with E-state index in [1.165, 1.54) is 11.1 Å². The molecule has 0 fully saturated rings. The number of aryl methyl sites for hydroxylation is 2. The predicted molar refractivity (Wildman–Crippen MR) is 77.3 cm³/mol. The molecule has 0 N–H and O–H groups in total. The minimum Gasteiger partial charge on any atom is -0.315 e. The zero-order valence-corrected chi connectivity index (χ0v) is 11.7. The van der Waals surface area contributed by atoms with Gasteiger partial charge in [-0.15, -0.1) is 0 Å². The van der Waals surface area contributed by atoms with Crippen molar-refractivity contribution in [2.24, 2.45) is 0 Å². The fourth-order valence-corrected chi connectivity index (χ4v) is 2.37. The van der Waals surface area contributed by atoms with Crippen molar-refractivity contribution in [2.45, 2.75) is 46.6 Å². The van der Waals surface area contributed by atoms with Gasteiger partial charge in [-0.05, 0) is 41.8 Å². The predicted octanol–water partition coefficient (Wildman–Crippen LogP) is 3.71. The van der Waals surface area contributed by atoms with Gasteiger partial charge in [-0.3, -0.25) is 4.79 Å². The largest absolute Gasteiger partial charge is 0.315 e. The minimum absolute atomic E-state index is 0.132. The summed E-state index contributed by atoms with van der Waals surface area (Å²) in [4.78, 5) is 12.4. The summed E-state index contributed by atoms with van der Waals surface area (Å²) in [5, 5.41) is 1.97. The molecular weight excluding hydrogens is 222 g/mol. The Bertz CT molecular complexity index is 623. The molecule has 1 aromatic heterocycles. The first kappa shape index (κ1) is 12.9. The van der Waals surface area contributed by atoms with Gasteiger partial charge in [-0.2, -0.15) is 0 Å². The van der Waals surface area contributed by atoms with Crippen LogP contribution in [0.3, 0.4) is 0 Å². The Kier molecular flexibility index (Phi) is 3.55. The van der Waals surface area contributed by atoms with Crippen LogP contribution in [0, 0.1) is 0 Å². The SMILES string of the molecule is CCc1cn(CC)c(=O)c2cc(C(C)C)ccc12. The Balaban J connectivity index is 2.83. The second-order valence-corrected chi connectivity index (χ2v) is 5.06. The molecule has 0 bridgehead atoms. The molecule has 0 saturated carbocycles. The fourth-order valence-electron chi connectivity index (χ4n) is 2.37. The molecule has 0 aliphatic heterocycles. The highest BCUT2D eigenvalue weighted by Gasteiger charge is 2.09. The first-order chi connectivity index (χ1) is 8.58. The van der Waals surface area contributed by atoms with Gasteiger partial charge in [0.25, 0.3) is 5.56 Å². The Hall–Kier alpha value is -1.57. The molecule has 0 radical (unpaired) electrons. The molecule has 96 valence electrons. The van der Waals surface area contributed by atoms with Crippen LogP contribution < -0.4 is 5.56 Å². The van der Waals surface area contributed by atoms with Crippen LogP contribution in [0.1, 0.15) is 44.7 Å². The van der Waals surface area contributed by atoms with Crippen molar-refractivity contribution in [1.82, 2.24) is 4.57 Å². The standard InChI is InChI=1S/C16H21NO/c1-5-12-10-17(6-2)16(18)15-9-13(11(3)4)7-8-14(12)15/h7-11H,5-6H2,1-4H3. The lowest BCUT2D eigenvalue weighted by Crippen LogP contribution is -2.20. The van der Waals surface area contributed by atoms with Crippen molar-refractivity contribution in [3.63, 3.8) is 0 Å². The number of aromatic nitrogens is 1. The third-order valence-corrected chi connectivity index (χ3v) is 3.58. The summed E-state index contributed by atoms with van der Waals surface area (Å²) in [5.41, 5.74) is 2.62. The fraction of sp³-hybridized carbons (Fsp3) is 0.438. The normalized spacial score (nSPS) is 11.4. The minimum atomic E-state index is 0.132. The zero-order valence-electron chi connectivity index (χ0n) is 11.7. The van der Waals surface area contributed by atoms with Crippen LogP contribution in [0.4, 0.5) is 0 Å². The molecule has 0 atom stereocenters. The van der Waals surface area contributed by atoms with Crippen LogP contribution in [0.2, 0.25) is 0 Å².